The number of rotatable bonds is 14. The number of nitrogens with two attached hydrogens (primary N) is 3. The summed E-state index contributed by atoms with van der Waals surface area (Å²) in [7, 11) is 0. The van der Waals surface area contributed by atoms with Gasteiger partial charge in [0.2, 0.25) is 17.7 Å². The fourth-order valence-corrected chi connectivity index (χ4v) is 3.68. The van der Waals surface area contributed by atoms with E-state index in [4.69, 9.17) is 22.3 Å². The fraction of sp³-hybridized carbons (Fsp3) is 0.684. The van der Waals surface area contributed by atoms with Crippen LogP contribution in [0.5, 0.6) is 0 Å². The monoisotopic (exact) mass is 503 g/mol. The predicted octanol–water partition coefficient (Wildman–Crippen LogP) is -2.79. The van der Waals surface area contributed by atoms with Crippen LogP contribution in [0.4, 0.5) is 0 Å². The van der Waals surface area contributed by atoms with Crippen molar-refractivity contribution >= 4 is 48.2 Å². The van der Waals surface area contributed by atoms with E-state index in [1.807, 2.05) is 0 Å². The van der Waals surface area contributed by atoms with Crippen LogP contribution >= 0.6 is 12.6 Å². The van der Waals surface area contributed by atoms with E-state index in [2.05, 4.69) is 28.3 Å². The van der Waals surface area contributed by atoms with E-state index in [-0.39, 0.29) is 18.1 Å². The van der Waals surface area contributed by atoms with Crippen LogP contribution in [0.1, 0.15) is 38.5 Å². The first-order valence-corrected chi connectivity index (χ1v) is 11.4. The predicted molar refractivity (Wildman–Crippen MR) is 125 cm³/mol. The summed E-state index contributed by atoms with van der Waals surface area (Å²) in [5.41, 5.74) is 16.5. The van der Waals surface area contributed by atoms with Crippen molar-refractivity contribution in [2.24, 2.45) is 22.2 Å². The molecule has 14 nitrogen and oxygen atoms in total. The molecule has 0 spiro atoms. The van der Waals surface area contributed by atoms with Gasteiger partial charge in [0.25, 0.3) is 0 Å². The van der Waals surface area contributed by atoms with Gasteiger partial charge in [-0.3, -0.25) is 24.2 Å². The van der Waals surface area contributed by atoms with Crippen molar-refractivity contribution in [3.05, 3.63) is 0 Å². The maximum absolute atomic E-state index is 12.8. The number of carbonyl (C=O) groups is 5. The first-order valence-electron chi connectivity index (χ1n) is 10.8. The molecule has 192 valence electrons. The molecule has 0 aromatic rings. The lowest BCUT2D eigenvalue weighted by molar-refractivity contribution is -0.144. The molecular weight excluding hydrogens is 470 g/mol. The highest BCUT2D eigenvalue weighted by Gasteiger charge is 2.37. The molecule has 0 bridgehead atoms. The van der Waals surface area contributed by atoms with Crippen molar-refractivity contribution in [3.63, 3.8) is 0 Å². The van der Waals surface area contributed by atoms with E-state index in [0.29, 0.717) is 38.8 Å². The minimum Gasteiger partial charge on any atom is -0.481 e. The molecule has 4 atom stereocenters. The molecule has 3 amide bonds. The number of aliphatic imine (C=N–C) groups is 1. The molecule has 0 saturated carbocycles. The number of nitrogens with one attached hydrogen (secondary N) is 2. The summed E-state index contributed by atoms with van der Waals surface area (Å²) in [4.78, 5) is 65.3. The Hall–Kier alpha value is -3.07. The van der Waals surface area contributed by atoms with Crippen molar-refractivity contribution in [1.82, 2.24) is 15.5 Å². The van der Waals surface area contributed by atoms with Crippen LogP contribution in [0.25, 0.3) is 0 Å². The normalized spacial score (nSPS) is 17.8. The SMILES string of the molecule is NC(N)=NCCCC(N)C(=O)N1CCCC1C(=O)NC(CS)C(=O)NC(CCC(=O)O)C(=O)O. The van der Waals surface area contributed by atoms with E-state index in [0.717, 1.165) is 0 Å². The number of guanidine groups is 1. The third kappa shape index (κ3) is 9.43. The molecule has 1 heterocycles. The average Bonchev–Trinajstić information content (AvgIpc) is 3.26. The van der Waals surface area contributed by atoms with Gasteiger partial charge in [-0.15, -0.1) is 0 Å². The highest BCUT2D eigenvalue weighted by atomic mass is 32.1. The van der Waals surface area contributed by atoms with Gasteiger partial charge in [-0.25, -0.2) is 4.79 Å². The molecule has 10 N–H and O–H groups in total. The number of carboxylic acid groups (broad SMARTS) is 2. The van der Waals surface area contributed by atoms with E-state index in [1.165, 1.54) is 4.90 Å². The maximum atomic E-state index is 12.8. The van der Waals surface area contributed by atoms with Crippen molar-refractivity contribution < 1.29 is 34.2 Å². The molecule has 15 heteroatoms. The van der Waals surface area contributed by atoms with Gasteiger partial charge >= 0.3 is 11.9 Å². The van der Waals surface area contributed by atoms with Crippen molar-refractivity contribution in [2.45, 2.75) is 62.7 Å². The number of nitrogens with zero attached hydrogens (tertiary/aromatic N) is 2. The number of likely N-dealkylation sites (tertiary alicyclic amines) is 1. The summed E-state index contributed by atoms with van der Waals surface area (Å²) < 4.78 is 0. The highest BCUT2D eigenvalue weighted by molar-refractivity contribution is 7.80. The Morgan fingerprint density at radius 3 is 2.32 bits per heavy atom. The second kappa shape index (κ2) is 14.2. The first kappa shape index (κ1) is 29.0. The summed E-state index contributed by atoms with van der Waals surface area (Å²) in [6.07, 6.45) is 0.948. The second-order valence-electron chi connectivity index (χ2n) is 7.82. The zero-order chi connectivity index (χ0) is 25.8. The molecule has 0 aliphatic carbocycles. The molecule has 0 aromatic heterocycles. The lowest BCUT2D eigenvalue weighted by Crippen LogP contribution is -2.57. The van der Waals surface area contributed by atoms with Gasteiger partial charge < -0.3 is 42.9 Å². The maximum Gasteiger partial charge on any atom is 0.326 e. The van der Waals surface area contributed by atoms with Crippen molar-refractivity contribution in [3.8, 4) is 0 Å². The molecule has 1 fully saturated rings. The molecular formula is C19H33N7O7S. The van der Waals surface area contributed by atoms with Gasteiger partial charge in [0.05, 0.1) is 6.04 Å². The number of hydrogen-bond acceptors (Lipinski definition) is 8. The second-order valence-corrected chi connectivity index (χ2v) is 8.19. The topological polar surface area (TPSA) is 244 Å². The van der Waals surface area contributed by atoms with Crippen LogP contribution in [-0.2, 0) is 24.0 Å². The van der Waals surface area contributed by atoms with Gasteiger partial charge in [-0.05, 0) is 32.1 Å². The summed E-state index contributed by atoms with van der Waals surface area (Å²) in [5, 5.41) is 22.6. The third-order valence-electron chi connectivity index (χ3n) is 5.20. The first-order chi connectivity index (χ1) is 16.0. The minimum absolute atomic E-state index is 0.0597. The van der Waals surface area contributed by atoms with Crippen LogP contribution in [0, 0.1) is 0 Å². The number of carboxylic acids is 2. The van der Waals surface area contributed by atoms with Gasteiger partial charge in [0.1, 0.15) is 18.1 Å². The Bertz CT molecular complexity index is 791. The zero-order valence-electron chi connectivity index (χ0n) is 18.7. The summed E-state index contributed by atoms with van der Waals surface area (Å²) in [5.74, 6) is -4.64. The fourth-order valence-electron chi connectivity index (χ4n) is 3.42. The molecule has 34 heavy (non-hydrogen) atoms. The Kier molecular flexibility index (Phi) is 12.1. The quantitative estimate of drug-likeness (QED) is 0.0524. The molecule has 4 unspecified atom stereocenters. The lowest BCUT2D eigenvalue weighted by Gasteiger charge is -2.28. The largest absolute Gasteiger partial charge is 0.481 e. The van der Waals surface area contributed by atoms with Crippen LogP contribution in [0.15, 0.2) is 4.99 Å². The lowest BCUT2D eigenvalue weighted by atomic mass is 10.1. The Balaban J connectivity index is 2.72. The summed E-state index contributed by atoms with van der Waals surface area (Å²) in [6, 6.07) is -4.32. The van der Waals surface area contributed by atoms with E-state index in [1.54, 1.807) is 0 Å². The Morgan fingerprint density at radius 2 is 1.76 bits per heavy atom. The van der Waals surface area contributed by atoms with Crippen LogP contribution in [-0.4, -0.2) is 93.7 Å². The molecule has 0 aromatic carbocycles. The molecule has 1 rings (SSSR count). The van der Waals surface area contributed by atoms with E-state index >= 15 is 0 Å². The molecule has 0 radical (unpaired) electrons. The number of amides is 3. The molecule has 1 aliphatic rings. The number of thiol groups is 1. The van der Waals surface area contributed by atoms with Crippen LogP contribution in [0.2, 0.25) is 0 Å². The Labute approximate surface area is 202 Å². The van der Waals surface area contributed by atoms with Crippen LogP contribution < -0.4 is 27.8 Å². The number of carbonyl (C=O) groups excluding carboxylic acids is 3. The average molecular weight is 504 g/mol. The standard InChI is InChI=1S/C19H33N7O7S/c20-10(3-1-7-23-19(21)22)17(31)26-8-2-4-13(26)16(30)25-12(9-34)15(29)24-11(18(32)33)5-6-14(27)28/h10-13,34H,1-9,20H2,(H,24,29)(H,25,30)(H,27,28)(H,32,33)(H4,21,22,23). The smallest absolute Gasteiger partial charge is 0.326 e. The van der Waals surface area contributed by atoms with Gasteiger partial charge in [0, 0.05) is 25.3 Å². The van der Waals surface area contributed by atoms with Crippen LogP contribution in [0.3, 0.4) is 0 Å². The summed E-state index contributed by atoms with van der Waals surface area (Å²) >= 11 is 4.04. The van der Waals surface area contributed by atoms with E-state index < -0.39 is 60.2 Å². The summed E-state index contributed by atoms with van der Waals surface area (Å²) in [6.45, 7) is 0.641. The number of aliphatic carboxylic acids is 2. The Morgan fingerprint density at radius 1 is 1.09 bits per heavy atom. The minimum atomic E-state index is -1.44. The van der Waals surface area contributed by atoms with Gasteiger partial charge in [0.15, 0.2) is 5.96 Å². The third-order valence-corrected chi connectivity index (χ3v) is 5.57. The van der Waals surface area contributed by atoms with Crippen molar-refractivity contribution in [1.29, 1.82) is 0 Å². The van der Waals surface area contributed by atoms with Gasteiger partial charge in [-0.2, -0.15) is 12.6 Å². The highest BCUT2D eigenvalue weighted by Crippen LogP contribution is 2.19. The van der Waals surface area contributed by atoms with Gasteiger partial charge in [-0.1, -0.05) is 0 Å². The van der Waals surface area contributed by atoms with E-state index in [9.17, 15) is 29.1 Å². The molecule has 1 saturated heterocycles. The molecule has 1 aliphatic heterocycles. The zero-order valence-corrected chi connectivity index (χ0v) is 19.6. The number of hydrogen-bond donors (Lipinski definition) is 8. The van der Waals surface area contributed by atoms with Crippen molar-refractivity contribution in [2.75, 3.05) is 18.8 Å².